The highest BCUT2D eigenvalue weighted by Crippen LogP contribution is 2.32. The van der Waals surface area contributed by atoms with Gasteiger partial charge in [-0.05, 0) is 25.0 Å². The molecule has 4 rings (SSSR count). The van der Waals surface area contributed by atoms with Crippen molar-refractivity contribution >= 4 is 23.1 Å². The van der Waals surface area contributed by atoms with E-state index in [0.717, 1.165) is 31.6 Å². The van der Waals surface area contributed by atoms with Gasteiger partial charge in [0.2, 0.25) is 0 Å². The van der Waals surface area contributed by atoms with E-state index >= 15 is 0 Å². The van der Waals surface area contributed by atoms with Crippen LogP contribution in [0.5, 0.6) is 0 Å². The number of halogens is 4. The monoisotopic (exact) mass is 382 g/mol. The maximum Gasteiger partial charge on any atom is 0.417 e. The predicted octanol–water partition coefficient (Wildman–Crippen LogP) is 3.58. The summed E-state index contributed by atoms with van der Waals surface area (Å²) in [5, 5.41) is 8.45. The number of rotatable bonds is 2. The van der Waals surface area contributed by atoms with Gasteiger partial charge in [0.25, 0.3) is 0 Å². The Morgan fingerprint density at radius 1 is 1.15 bits per heavy atom. The maximum absolute atomic E-state index is 13.0. The number of aromatic nitrogens is 5. The standard InChI is InChI=1S/C16H14ClF3N6/c17-12-6-21-7-14(22-12)25-5-1-2-10(8-25)15-24-23-13-4-3-11(9-26(13)15)16(18,19)20/h3-4,6-7,9-10H,1-2,5,8H2. The highest BCUT2D eigenvalue weighted by Gasteiger charge is 2.32. The van der Waals surface area contributed by atoms with Crippen LogP contribution in [-0.2, 0) is 6.18 Å². The molecule has 1 saturated heterocycles. The molecule has 1 atom stereocenters. The summed E-state index contributed by atoms with van der Waals surface area (Å²) in [5.74, 6) is 1.10. The largest absolute Gasteiger partial charge is 0.417 e. The highest BCUT2D eigenvalue weighted by molar-refractivity contribution is 6.29. The number of hydrogen-bond acceptors (Lipinski definition) is 5. The zero-order chi connectivity index (χ0) is 18.3. The molecule has 0 bridgehead atoms. The molecule has 3 aromatic rings. The third kappa shape index (κ3) is 3.18. The maximum atomic E-state index is 13.0. The van der Waals surface area contributed by atoms with Crippen LogP contribution in [0.2, 0.25) is 5.15 Å². The molecule has 3 aromatic heterocycles. The van der Waals surface area contributed by atoms with Crippen LogP contribution in [0.4, 0.5) is 19.0 Å². The molecule has 0 aliphatic carbocycles. The molecule has 1 aliphatic rings. The number of hydrogen-bond donors (Lipinski definition) is 0. The first-order valence-corrected chi connectivity index (χ1v) is 8.44. The van der Waals surface area contributed by atoms with Crippen LogP contribution in [0, 0.1) is 0 Å². The van der Waals surface area contributed by atoms with E-state index < -0.39 is 11.7 Å². The predicted molar refractivity (Wildman–Crippen MR) is 89.2 cm³/mol. The fourth-order valence-corrected chi connectivity index (χ4v) is 3.38. The molecule has 0 amide bonds. The summed E-state index contributed by atoms with van der Waals surface area (Å²) in [7, 11) is 0. The lowest BCUT2D eigenvalue weighted by molar-refractivity contribution is -0.137. The molecule has 0 radical (unpaired) electrons. The van der Waals surface area contributed by atoms with Crippen LogP contribution >= 0.6 is 11.6 Å². The number of piperidine rings is 1. The number of pyridine rings is 1. The summed E-state index contributed by atoms with van der Waals surface area (Å²) in [6.07, 6.45) is 1.39. The summed E-state index contributed by atoms with van der Waals surface area (Å²) < 4.78 is 40.5. The SMILES string of the molecule is FC(F)(F)c1ccc2nnc(C3CCCN(c4cncc(Cl)n4)C3)n2c1. The van der Waals surface area contributed by atoms with Crippen molar-refractivity contribution in [2.75, 3.05) is 18.0 Å². The van der Waals surface area contributed by atoms with Crippen molar-refractivity contribution in [2.24, 2.45) is 0 Å². The minimum Gasteiger partial charge on any atom is -0.355 e. The minimum atomic E-state index is -4.41. The second kappa shape index (κ2) is 6.39. The Morgan fingerprint density at radius 3 is 2.77 bits per heavy atom. The Morgan fingerprint density at radius 2 is 2.00 bits per heavy atom. The van der Waals surface area contributed by atoms with E-state index in [1.807, 2.05) is 4.90 Å². The van der Waals surface area contributed by atoms with E-state index in [1.54, 1.807) is 6.20 Å². The fourth-order valence-electron chi connectivity index (χ4n) is 3.24. The average Bonchev–Trinajstić information content (AvgIpc) is 3.04. The van der Waals surface area contributed by atoms with Crippen LogP contribution in [0.3, 0.4) is 0 Å². The third-order valence-corrected chi connectivity index (χ3v) is 4.64. The minimum absolute atomic E-state index is 0.0667. The van der Waals surface area contributed by atoms with Crippen LogP contribution in [0.1, 0.15) is 30.1 Å². The topological polar surface area (TPSA) is 59.2 Å². The Kier molecular flexibility index (Phi) is 4.18. The van der Waals surface area contributed by atoms with E-state index in [0.29, 0.717) is 29.0 Å². The molecule has 10 heteroatoms. The van der Waals surface area contributed by atoms with Gasteiger partial charge in [-0.1, -0.05) is 11.6 Å². The van der Waals surface area contributed by atoms with E-state index in [4.69, 9.17) is 11.6 Å². The Balaban J connectivity index is 1.66. The average molecular weight is 383 g/mol. The summed E-state index contributed by atoms with van der Waals surface area (Å²) in [5.41, 5.74) is -0.327. The van der Waals surface area contributed by atoms with Gasteiger partial charge < -0.3 is 4.90 Å². The highest BCUT2D eigenvalue weighted by atomic mass is 35.5. The summed E-state index contributed by atoms with van der Waals surface area (Å²) in [4.78, 5) is 10.3. The molecule has 1 unspecified atom stereocenters. The van der Waals surface area contributed by atoms with Gasteiger partial charge in [0, 0.05) is 25.2 Å². The van der Waals surface area contributed by atoms with Gasteiger partial charge >= 0.3 is 6.18 Å². The van der Waals surface area contributed by atoms with Crippen molar-refractivity contribution in [3.63, 3.8) is 0 Å². The second-order valence-electron chi connectivity index (χ2n) is 6.19. The molecular weight excluding hydrogens is 369 g/mol. The molecule has 26 heavy (non-hydrogen) atoms. The Bertz CT molecular complexity index is 941. The molecule has 136 valence electrons. The molecule has 0 saturated carbocycles. The Labute approximate surface area is 151 Å². The van der Waals surface area contributed by atoms with Gasteiger partial charge in [-0.15, -0.1) is 10.2 Å². The Hall–Kier alpha value is -2.42. The van der Waals surface area contributed by atoms with Crippen molar-refractivity contribution < 1.29 is 13.2 Å². The lowest BCUT2D eigenvalue weighted by atomic mass is 9.97. The molecule has 0 aromatic carbocycles. The quantitative estimate of drug-likeness (QED) is 0.678. The smallest absolute Gasteiger partial charge is 0.355 e. The van der Waals surface area contributed by atoms with E-state index in [-0.39, 0.29) is 5.92 Å². The van der Waals surface area contributed by atoms with Gasteiger partial charge in [-0.2, -0.15) is 13.2 Å². The second-order valence-corrected chi connectivity index (χ2v) is 6.57. The first-order valence-electron chi connectivity index (χ1n) is 8.06. The van der Waals surface area contributed by atoms with Gasteiger partial charge in [-0.25, -0.2) is 4.98 Å². The van der Waals surface area contributed by atoms with Gasteiger partial charge in [0.05, 0.1) is 18.0 Å². The lowest BCUT2D eigenvalue weighted by Gasteiger charge is -2.32. The van der Waals surface area contributed by atoms with Crippen molar-refractivity contribution in [3.8, 4) is 0 Å². The van der Waals surface area contributed by atoms with Crippen LogP contribution in [0.25, 0.3) is 5.65 Å². The first-order chi connectivity index (χ1) is 12.4. The molecule has 4 heterocycles. The molecular formula is C16H14ClF3N6. The third-order valence-electron chi connectivity index (χ3n) is 4.46. The number of nitrogens with zero attached hydrogens (tertiary/aromatic N) is 6. The fraction of sp³-hybridized carbons (Fsp3) is 0.375. The molecule has 1 aliphatic heterocycles. The molecule has 6 nitrogen and oxygen atoms in total. The van der Waals surface area contributed by atoms with Gasteiger partial charge in [0.15, 0.2) is 5.65 Å². The zero-order valence-electron chi connectivity index (χ0n) is 13.5. The van der Waals surface area contributed by atoms with Crippen molar-refractivity contribution in [1.82, 2.24) is 24.6 Å². The van der Waals surface area contributed by atoms with E-state index in [1.165, 1.54) is 16.7 Å². The van der Waals surface area contributed by atoms with Crippen LogP contribution in [0.15, 0.2) is 30.7 Å². The normalized spacial score (nSPS) is 18.5. The molecule has 1 fully saturated rings. The molecule has 0 N–H and O–H groups in total. The van der Waals surface area contributed by atoms with E-state index in [9.17, 15) is 13.2 Å². The summed E-state index contributed by atoms with van der Waals surface area (Å²) in [6.45, 7) is 1.34. The zero-order valence-corrected chi connectivity index (χ0v) is 14.2. The van der Waals surface area contributed by atoms with Crippen molar-refractivity contribution in [2.45, 2.75) is 24.9 Å². The van der Waals surface area contributed by atoms with Gasteiger partial charge in [-0.3, -0.25) is 9.38 Å². The van der Waals surface area contributed by atoms with Crippen LogP contribution in [-0.4, -0.2) is 37.7 Å². The van der Waals surface area contributed by atoms with Crippen LogP contribution < -0.4 is 4.90 Å². The number of anilines is 1. The summed E-state index contributed by atoms with van der Waals surface area (Å²) in [6, 6.07) is 2.35. The first kappa shape index (κ1) is 17.0. The van der Waals surface area contributed by atoms with Gasteiger partial charge in [0.1, 0.15) is 16.8 Å². The van der Waals surface area contributed by atoms with E-state index in [2.05, 4.69) is 20.2 Å². The van der Waals surface area contributed by atoms with Crippen molar-refractivity contribution in [1.29, 1.82) is 0 Å². The number of alkyl halides is 3. The number of fused-ring (bicyclic) bond motifs is 1. The van der Waals surface area contributed by atoms with Crippen molar-refractivity contribution in [3.05, 3.63) is 47.3 Å². The lowest BCUT2D eigenvalue weighted by Crippen LogP contribution is -2.35. The molecule has 0 spiro atoms. The summed E-state index contributed by atoms with van der Waals surface area (Å²) >= 11 is 5.90.